The highest BCUT2D eigenvalue weighted by atomic mass is 16.5. The van der Waals surface area contributed by atoms with Crippen molar-refractivity contribution in [1.82, 2.24) is 4.90 Å². The van der Waals surface area contributed by atoms with Gasteiger partial charge < -0.3 is 14.4 Å². The van der Waals surface area contributed by atoms with Gasteiger partial charge in [-0.3, -0.25) is 9.59 Å². The molecule has 0 bridgehead atoms. The summed E-state index contributed by atoms with van der Waals surface area (Å²) < 4.78 is 11.1. The summed E-state index contributed by atoms with van der Waals surface area (Å²) in [7, 11) is 1.55. The number of ether oxygens (including phenoxy) is 2. The molecular formula is C25H31NO4. The largest absolute Gasteiger partial charge is 0.493 e. The van der Waals surface area contributed by atoms with Gasteiger partial charge in [-0.05, 0) is 63.8 Å². The van der Waals surface area contributed by atoms with Gasteiger partial charge in [0, 0.05) is 18.5 Å². The molecule has 2 aromatic carbocycles. The van der Waals surface area contributed by atoms with Crippen molar-refractivity contribution in [3.05, 3.63) is 58.7 Å². The molecule has 2 aromatic rings. The number of carbonyl (C=O) groups is 2. The Morgan fingerprint density at radius 1 is 1.07 bits per heavy atom. The van der Waals surface area contributed by atoms with Crippen molar-refractivity contribution < 1.29 is 19.1 Å². The summed E-state index contributed by atoms with van der Waals surface area (Å²) in [5.41, 5.74) is 4.30. The number of methoxy groups -OCH3 is 1. The predicted octanol–water partition coefficient (Wildman–Crippen LogP) is 5.04. The van der Waals surface area contributed by atoms with Gasteiger partial charge in [0.05, 0.1) is 19.8 Å². The minimum absolute atomic E-state index is 0.0191. The average Bonchev–Trinajstić information content (AvgIpc) is 3.20. The Morgan fingerprint density at radius 2 is 1.80 bits per heavy atom. The number of amides is 1. The second-order valence-corrected chi connectivity index (χ2v) is 8.04. The molecule has 160 valence electrons. The van der Waals surface area contributed by atoms with Crippen LogP contribution in [-0.4, -0.2) is 36.9 Å². The van der Waals surface area contributed by atoms with Crippen LogP contribution in [0.3, 0.4) is 0 Å². The maximum Gasteiger partial charge on any atom is 0.223 e. The van der Waals surface area contributed by atoms with Crippen LogP contribution in [-0.2, 0) is 4.79 Å². The fraction of sp³-hybridized carbons (Fsp3) is 0.440. The number of nitrogens with zero attached hydrogens (tertiary/aromatic N) is 1. The lowest BCUT2D eigenvalue weighted by Gasteiger charge is -2.26. The Hall–Kier alpha value is -2.82. The van der Waals surface area contributed by atoms with Crippen LogP contribution in [0.5, 0.6) is 11.5 Å². The molecule has 0 radical (unpaired) electrons. The summed E-state index contributed by atoms with van der Waals surface area (Å²) in [6.07, 6.45) is 3.14. The smallest absolute Gasteiger partial charge is 0.223 e. The van der Waals surface area contributed by atoms with Crippen LogP contribution in [0.1, 0.15) is 65.7 Å². The molecule has 1 aliphatic rings. The second kappa shape index (κ2) is 9.79. The summed E-state index contributed by atoms with van der Waals surface area (Å²) in [6, 6.07) is 11.9. The van der Waals surface area contributed by atoms with Crippen LogP contribution in [0, 0.1) is 13.8 Å². The molecule has 0 spiro atoms. The van der Waals surface area contributed by atoms with E-state index in [0.717, 1.165) is 19.4 Å². The summed E-state index contributed by atoms with van der Waals surface area (Å²) in [5, 5.41) is 0. The van der Waals surface area contributed by atoms with E-state index in [4.69, 9.17) is 9.47 Å². The quantitative estimate of drug-likeness (QED) is 0.453. The lowest BCUT2D eigenvalue weighted by Crippen LogP contribution is -2.30. The summed E-state index contributed by atoms with van der Waals surface area (Å²) in [5.74, 6) is 1.28. The first-order valence-electron chi connectivity index (χ1n) is 10.6. The normalized spacial score (nSPS) is 15.9. The molecule has 5 heteroatoms. The van der Waals surface area contributed by atoms with Crippen LogP contribution in [0.4, 0.5) is 0 Å². The van der Waals surface area contributed by atoms with Gasteiger partial charge in [0.2, 0.25) is 5.91 Å². The molecule has 1 heterocycles. The van der Waals surface area contributed by atoms with Crippen molar-refractivity contribution in [3.8, 4) is 11.5 Å². The molecule has 0 saturated carbocycles. The van der Waals surface area contributed by atoms with Gasteiger partial charge in [-0.2, -0.15) is 0 Å². The van der Waals surface area contributed by atoms with E-state index in [0.29, 0.717) is 36.5 Å². The third-order valence-electron chi connectivity index (χ3n) is 5.56. The van der Waals surface area contributed by atoms with Crippen LogP contribution in [0.2, 0.25) is 0 Å². The zero-order chi connectivity index (χ0) is 21.7. The molecule has 5 nitrogen and oxygen atoms in total. The average molecular weight is 410 g/mol. The minimum Gasteiger partial charge on any atom is -0.493 e. The van der Waals surface area contributed by atoms with Crippen molar-refractivity contribution in [2.75, 3.05) is 20.3 Å². The molecule has 1 amide bonds. The van der Waals surface area contributed by atoms with E-state index in [2.05, 4.69) is 32.0 Å². The van der Waals surface area contributed by atoms with Crippen molar-refractivity contribution in [2.24, 2.45) is 0 Å². The molecule has 0 aliphatic carbocycles. The van der Waals surface area contributed by atoms with Crippen LogP contribution >= 0.6 is 0 Å². The number of hydrogen-bond acceptors (Lipinski definition) is 4. The molecule has 1 atom stereocenters. The van der Waals surface area contributed by atoms with Gasteiger partial charge in [-0.15, -0.1) is 0 Å². The number of Topliss-reactive ketones (excluding diaryl/α,β-unsaturated/α-hetero) is 1. The Morgan fingerprint density at radius 3 is 2.47 bits per heavy atom. The third-order valence-corrected chi connectivity index (χ3v) is 5.56. The van der Waals surface area contributed by atoms with Crippen LogP contribution in [0.25, 0.3) is 0 Å². The van der Waals surface area contributed by atoms with Crippen molar-refractivity contribution >= 4 is 11.7 Å². The number of carbonyl (C=O) groups excluding carboxylic acids is 2. The van der Waals surface area contributed by atoms with E-state index >= 15 is 0 Å². The third kappa shape index (κ3) is 5.21. The monoisotopic (exact) mass is 409 g/mol. The zero-order valence-corrected chi connectivity index (χ0v) is 18.4. The SMILES string of the molecule is COc1cc(C(C)=O)ccc1OCCCC(=O)N1CCCC1c1cc(C)cc(C)c1. The first kappa shape index (κ1) is 21.9. The van der Waals surface area contributed by atoms with E-state index < -0.39 is 0 Å². The number of likely N-dealkylation sites (tertiary alicyclic amines) is 1. The Bertz CT molecular complexity index is 901. The highest BCUT2D eigenvalue weighted by molar-refractivity contribution is 5.94. The van der Waals surface area contributed by atoms with Gasteiger partial charge in [0.1, 0.15) is 0 Å². The standard InChI is InChI=1S/C25H31NO4/c1-17-13-18(2)15-21(14-17)22-7-5-11-26(22)25(28)8-6-12-30-23-10-9-20(19(3)27)16-24(23)29-4/h9-10,13-16,22H,5-8,11-12H2,1-4H3. The number of benzene rings is 2. The van der Waals surface area contributed by atoms with E-state index in [1.807, 2.05) is 4.90 Å². The van der Waals surface area contributed by atoms with Crippen molar-refractivity contribution in [3.63, 3.8) is 0 Å². The molecule has 0 N–H and O–H groups in total. The Labute approximate surface area is 179 Å². The summed E-state index contributed by atoms with van der Waals surface area (Å²) >= 11 is 0. The topological polar surface area (TPSA) is 55.8 Å². The number of rotatable bonds is 8. The lowest BCUT2D eigenvalue weighted by atomic mass is 9.99. The summed E-state index contributed by atoms with van der Waals surface area (Å²) in [4.78, 5) is 26.4. The van der Waals surface area contributed by atoms with Gasteiger partial charge in [-0.1, -0.05) is 29.3 Å². The molecule has 30 heavy (non-hydrogen) atoms. The Kier molecular flexibility index (Phi) is 7.14. The first-order chi connectivity index (χ1) is 14.4. The summed E-state index contributed by atoms with van der Waals surface area (Å²) in [6.45, 7) is 6.96. The number of aryl methyl sites for hydroxylation is 2. The van der Waals surface area contributed by atoms with Crippen LogP contribution < -0.4 is 9.47 Å². The second-order valence-electron chi connectivity index (χ2n) is 8.04. The molecule has 1 unspecified atom stereocenters. The maximum absolute atomic E-state index is 12.9. The van der Waals surface area contributed by atoms with E-state index in [1.54, 1.807) is 25.3 Å². The van der Waals surface area contributed by atoms with Gasteiger partial charge in [-0.25, -0.2) is 0 Å². The van der Waals surface area contributed by atoms with E-state index in [1.165, 1.54) is 23.6 Å². The van der Waals surface area contributed by atoms with Gasteiger partial charge >= 0.3 is 0 Å². The zero-order valence-electron chi connectivity index (χ0n) is 18.4. The number of hydrogen-bond donors (Lipinski definition) is 0. The molecular weight excluding hydrogens is 378 g/mol. The minimum atomic E-state index is -0.0191. The molecule has 1 fully saturated rings. The lowest BCUT2D eigenvalue weighted by molar-refractivity contribution is -0.132. The molecule has 0 aromatic heterocycles. The first-order valence-corrected chi connectivity index (χ1v) is 10.6. The number of ketones is 1. The molecule has 1 aliphatic heterocycles. The van der Waals surface area contributed by atoms with Crippen LogP contribution in [0.15, 0.2) is 36.4 Å². The predicted molar refractivity (Wildman–Crippen MR) is 117 cm³/mol. The van der Waals surface area contributed by atoms with Crippen molar-refractivity contribution in [1.29, 1.82) is 0 Å². The highest BCUT2D eigenvalue weighted by Crippen LogP contribution is 2.34. The van der Waals surface area contributed by atoms with Gasteiger partial charge in [0.25, 0.3) is 0 Å². The van der Waals surface area contributed by atoms with E-state index in [9.17, 15) is 9.59 Å². The van der Waals surface area contributed by atoms with Gasteiger partial charge in [0.15, 0.2) is 17.3 Å². The Balaban J connectivity index is 1.55. The molecule has 3 rings (SSSR count). The fourth-order valence-corrected chi connectivity index (χ4v) is 4.17. The fourth-order valence-electron chi connectivity index (χ4n) is 4.17. The maximum atomic E-state index is 12.9. The van der Waals surface area contributed by atoms with Crippen molar-refractivity contribution in [2.45, 2.75) is 52.5 Å². The highest BCUT2D eigenvalue weighted by Gasteiger charge is 2.29. The molecule has 1 saturated heterocycles. The van der Waals surface area contributed by atoms with E-state index in [-0.39, 0.29) is 17.7 Å².